The molecule has 1 nitrogen and oxygen atoms in total. The molecule has 1 aromatic rings. The summed E-state index contributed by atoms with van der Waals surface area (Å²) >= 11 is 7.41. The summed E-state index contributed by atoms with van der Waals surface area (Å²) in [5, 5.41) is 2.62. The Balaban J connectivity index is 1.92. The van der Waals surface area contributed by atoms with E-state index in [9.17, 15) is 0 Å². The van der Waals surface area contributed by atoms with Crippen molar-refractivity contribution in [3.63, 3.8) is 0 Å². The highest BCUT2D eigenvalue weighted by molar-refractivity contribution is 9.10. The molecular formula is C13H20BrNS2. The Morgan fingerprint density at radius 1 is 1.53 bits per heavy atom. The summed E-state index contributed by atoms with van der Waals surface area (Å²) in [7, 11) is 0. The van der Waals surface area contributed by atoms with Crippen molar-refractivity contribution in [1.29, 1.82) is 0 Å². The molecule has 1 aliphatic carbocycles. The van der Waals surface area contributed by atoms with Crippen molar-refractivity contribution in [2.75, 3.05) is 5.75 Å². The number of nitrogens with two attached hydrogens (primary N) is 1. The van der Waals surface area contributed by atoms with Gasteiger partial charge in [0, 0.05) is 20.8 Å². The molecule has 0 aliphatic heterocycles. The van der Waals surface area contributed by atoms with Gasteiger partial charge in [-0.25, -0.2) is 0 Å². The molecule has 1 fully saturated rings. The number of hydrogen-bond donors (Lipinski definition) is 1. The maximum atomic E-state index is 6.13. The molecule has 1 aromatic heterocycles. The molecule has 1 heterocycles. The number of hydrogen-bond acceptors (Lipinski definition) is 3. The van der Waals surface area contributed by atoms with Crippen LogP contribution in [0.4, 0.5) is 0 Å². The summed E-state index contributed by atoms with van der Waals surface area (Å²) in [6, 6.07) is 2.45. The molecule has 0 spiro atoms. The quantitative estimate of drug-likeness (QED) is 0.835. The average molecular weight is 334 g/mol. The zero-order valence-electron chi connectivity index (χ0n) is 10.2. The van der Waals surface area contributed by atoms with E-state index in [1.54, 1.807) is 0 Å². The second kappa shape index (κ2) is 6.60. The minimum absolute atomic E-state index is 0.229. The van der Waals surface area contributed by atoms with Gasteiger partial charge in [0.05, 0.1) is 5.25 Å². The van der Waals surface area contributed by atoms with Crippen LogP contribution in [-0.2, 0) is 0 Å². The number of thioether (sulfide) groups is 1. The second-order valence-electron chi connectivity index (χ2n) is 4.93. The summed E-state index contributed by atoms with van der Waals surface area (Å²) in [5.41, 5.74) is 6.13. The molecule has 2 atom stereocenters. The molecule has 0 aromatic carbocycles. The molecule has 2 rings (SSSR count). The maximum absolute atomic E-state index is 6.13. The Bertz CT molecular complexity index is 345. The molecule has 0 bridgehead atoms. The Morgan fingerprint density at radius 2 is 2.24 bits per heavy atom. The normalized spacial score (nSPS) is 20.6. The van der Waals surface area contributed by atoms with E-state index in [1.807, 2.05) is 11.3 Å². The zero-order chi connectivity index (χ0) is 12.3. The average Bonchev–Trinajstić information content (AvgIpc) is 2.90. The monoisotopic (exact) mass is 333 g/mol. The van der Waals surface area contributed by atoms with Gasteiger partial charge in [0.25, 0.3) is 0 Å². The van der Waals surface area contributed by atoms with E-state index in [-0.39, 0.29) is 6.04 Å². The highest BCUT2D eigenvalue weighted by Crippen LogP contribution is 2.39. The van der Waals surface area contributed by atoms with Crippen LogP contribution < -0.4 is 5.73 Å². The van der Waals surface area contributed by atoms with E-state index in [2.05, 4.69) is 46.1 Å². The van der Waals surface area contributed by atoms with Gasteiger partial charge in [0.1, 0.15) is 0 Å². The smallest absolute Gasteiger partial charge is 0.0539 e. The van der Waals surface area contributed by atoms with Crippen molar-refractivity contribution in [3.05, 3.63) is 20.8 Å². The Hall–Kier alpha value is 0.490. The standard InChI is InChI=1S/C13H20BrNS2/c1-9(15)13(12-6-11(14)8-16-12)17-7-10-4-2-3-5-10/h6,8-10,13H,2-5,7,15H2,1H3. The Morgan fingerprint density at radius 3 is 2.76 bits per heavy atom. The maximum Gasteiger partial charge on any atom is 0.0539 e. The summed E-state index contributed by atoms with van der Waals surface area (Å²) in [6.07, 6.45) is 5.71. The lowest BCUT2D eigenvalue weighted by atomic mass is 10.1. The largest absolute Gasteiger partial charge is 0.327 e. The fourth-order valence-corrected chi connectivity index (χ4v) is 5.65. The Kier molecular flexibility index (Phi) is 5.40. The predicted octanol–water partition coefficient (Wildman–Crippen LogP) is 4.82. The molecule has 2 N–H and O–H groups in total. The minimum atomic E-state index is 0.229. The number of thiophene rings is 1. The lowest BCUT2D eigenvalue weighted by molar-refractivity contribution is 0.619. The van der Waals surface area contributed by atoms with Crippen molar-refractivity contribution >= 4 is 39.0 Å². The molecule has 17 heavy (non-hydrogen) atoms. The highest BCUT2D eigenvalue weighted by Gasteiger charge is 2.22. The van der Waals surface area contributed by atoms with Gasteiger partial charge in [-0.2, -0.15) is 11.8 Å². The Labute approximate surface area is 121 Å². The van der Waals surface area contributed by atoms with E-state index < -0.39 is 0 Å². The van der Waals surface area contributed by atoms with Gasteiger partial charge < -0.3 is 5.73 Å². The van der Waals surface area contributed by atoms with Gasteiger partial charge in [-0.05, 0) is 53.4 Å². The van der Waals surface area contributed by atoms with Gasteiger partial charge in [0.2, 0.25) is 0 Å². The second-order valence-corrected chi connectivity index (χ2v) is 7.96. The first-order valence-electron chi connectivity index (χ1n) is 6.28. The van der Waals surface area contributed by atoms with Crippen LogP contribution in [0.15, 0.2) is 15.9 Å². The van der Waals surface area contributed by atoms with Gasteiger partial charge in [-0.3, -0.25) is 0 Å². The van der Waals surface area contributed by atoms with Crippen LogP contribution in [0.5, 0.6) is 0 Å². The summed E-state index contributed by atoms with van der Waals surface area (Å²) in [5.74, 6) is 2.21. The summed E-state index contributed by atoms with van der Waals surface area (Å²) in [6.45, 7) is 2.12. The van der Waals surface area contributed by atoms with E-state index in [0.29, 0.717) is 5.25 Å². The summed E-state index contributed by atoms with van der Waals surface area (Å²) < 4.78 is 1.18. The minimum Gasteiger partial charge on any atom is -0.327 e. The molecule has 0 amide bonds. The van der Waals surface area contributed by atoms with E-state index in [0.717, 1.165) is 5.92 Å². The first-order chi connectivity index (χ1) is 8.16. The van der Waals surface area contributed by atoms with Crippen LogP contribution in [0.25, 0.3) is 0 Å². The molecule has 4 heteroatoms. The number of halogens is 1. The van der Waals surface area contributed by atoms with Crippen molar-refractivity contribution < 1.29 is 0 Å². The summed E-state index contributed by atoms with van der Waals surface area (Å²) in [4.78, 5) is 1.41. The SMILES string of the molecule is CC(N)C(SCC1CCCC1)c1cc(Br)cs1. The lowest BCUT2D eigenvalue weighted by Crippen LogP contribution is -2.22. The van der Waals surface area contributed by atoms with Crippen LogP contribution in [0.3, 0.4) is 0 Å². The van der Waals surface area contributed by atoms with E-state index >= 15 is 0 Å². The third-order valence-corrected chi connectivity index (χ3v) is 6.96. The van der Waals surface area contributed by atoms with Crippen molar-refractivity contribution in [2.45, 2.75) is 43.9 Å². The van der Waals surface area contributed by atoms with Gasteiger partial charge in [-0.1, -0.05) is 12.8 Å². The van der Waals surface area contributed by atoms with Gasteiger partial charge in [-0.15, -0.1) is 11.3 Å². The third kappa shape index (κ3) is 3.98. The van der Waals surface area contributed by atoms with Crippen LogP contribution in [-0.4, -0.2) is 11.8 Å². The third-order valence-electron chi connectivity index (χ3n) is 3.33. The van der Waals surface area contributed by atoms with Crippen molar-refractivity contribution in [2.24, 2.45) is 11.7 Å². The molecule has 1 saturated carbocycles. The highest BCUT2D eigenvalue weighted by atomic mass is 79.9. The first kappa shape index (κ1) is 13.9. The van der Waals surface area contributed by atoms with Crippen LogP contribution in [0.1, 0.15) is 42.7 Å². The van der Waals surface area contributed by atoms with E-state index in [4.69, 9.17) is 5.73 Å². The first-order valence-corrected chi connectivity index (χ1v) is 9.00. The predicted molar refractivity (Wildman–Crippen MR) is 82.8 cm³/mol. The molecule has 96 valence electrons. The lowest BCUT2D eigenvalue weighted by Gasteiger charge is -2.20. The fraction of sp³-hybridized carbons (Fsp3) is 0.692. The van der Waals surface area contributed by atoms with Crippen molar-refractivity contribution in [1.82, 2.24) is 0 Å². The molecular weight excluding hydrogens is 314 g/mol. The van der Waals surface area contributed by atoms with Crippen LogP contribution >= 0.6 is 39.0 Å². The number of rotatable bonds is 5. The van der Waals surface area contributed by atoms with E-state index in [1.165, 1.54) is 40.8 Å². The van der Waals surface area contributed by atoms with Crippen molar-refractivity contribution in [3.8, 4) is 0 Å². The molecule has 1 aliphatic rings. The fourth-order valence-electron chi connectivity index (χ4n) is 2.39. The van der Waals surface area contributed by atoms with Gasteiger partial charge in [0.15, 0.2) is 0 Å². The zero-order valence-corrected chi connectivity index (χ0v) is 13.4. The molecule has 0 radical (unpaired) electrons. The molecule has 2 unspecified atom stereocenters. The topological polar surface area (TPSA) is 26.0 Å². The molecule has 0 saturated heterocycles. The van der Waals surface area contributed by atoms with Crippen LogP contribution in [0.2, 0.25) is 0 Å². The van der Waals surface area contributed by atoms with Gasteiger partial charge >= 0.3 is 0 Å². The van der Waals surface area contributed by atoms with Crippen LogP contribution in [0, 0.1) is 5.92 Å².